The maximum absolute atomic E-state index is 8.93. The minimum Gasteiger partial charge on any atom is -0.855 e. The SMILES string of the molecule is C=CCO.CC[O-].O=S(=O)(O)O.[Na+]. The molecule has 0 bridgehead atoms. The van der Waals surface area contributed by atoms with Gasteiger partial charge in [0.2, 0.25) is 0 Å². The van der Waals surface area contributed by atoms with Crippen LogP contribution in [0.5, 0.6) is 0 Å². The second-order valence-electron chi connectivity index (χ2n) is 1.21. The van der Waals surface area contributed by atoms with Crippen molar-refractivity contribution in [1.82, 2.24) is 0 Å². The summed E-state index contributed by atoms with van der Waals surface area (Å²) in [6, 6.07) is 0. The molecule has 0 heterocycles. The molecule has 0 saturated carbocycles. The number of aliphatic hydroxyl groups excluding tert-OH is 1. The summed E-state index contributed by atoms with van der Waals surface area (Å²) >= 11 is 0. The summed E-state index contributed by atoms with van der Waals surface area (Å²) in [5.41, 5.74) is 0. The van der Waals surface area contributed by atoms with Gasteiger partial charge in [-0.05, 0) is 0 Å². The number of rotatable bonds is 1. The zero-order valence-corrected chi connectivity index (χ0v) is 10.5. The Morgan fingerprint density at radius 2 is 1.54 bits per heavy atom. The smallest absolute Gasteiger partial charge is 0.855 e. The molecular weight excluding hydrogens is 211 g/mol. The van der Waals surface area contributed by atoms with E-state index in [1.807, 2.05) is 0 Å². The topological polar surface area (TPSA) is 118 Å². The predicted molar refractivity (Wildman–Crippen MR) is 42.0 cm³/mol. The molecule has 76 valence electrons. The standard InChI is InChI=1S/C3H6O.C2H5O.Na.H2O4S/c1-2-3-4;1-2-3;;1-5(2,3)4/h2,4H,1,3H2;2H2,1H3;;(H2,1,2,3,4)/q;-1;+1;. The van der Waals surface area contributed by atoms with Crippen molar-refractivity contribution in [3.63, 3.8) is 0 Å². The third-order valence-electron chi connectivity index (χ3n) is 0.129. The van der Waals surface area contributed by atoms with Crippen LogP contribution in [0.1, 0.15) is 6.92 Å². The van der Waals surface area contributed by atoms with Gasteiger partial charge in [0, 0.05) is 0 Å². The van der Waals surface area contributed by atoms with Crippen molar-refractivity contribution in [2.75, 3.05) is 13.2 Å². The molecule has 0 aromatic heterocycles. The molecule has 0 fully saturated rings. The Morgan fingerprint density at radius 1 is 1.46 bits per heavy atom. The molecule has 0 aliphatic heterocycles. The first kappa shape index (κ1) is 23.4. The van der Waals surface area contributed by atoms with Gasteiger partial charge < -0.3 is 10.2 Å². The fourth-order valence-electron chi connectivity index (χ4n) is 0. The Hall–Kier alpha value is 0.530. The molecule has 3 N–H and O–H groups in total. The third-order valence-corrected chi connectivity index (χ3v) is 0.129. The van der Waals surface area contributed by atoms with Gasteiger partial charge >= 0.3 is 40.0 Å². The van der Waals surface area contributed by atoms with Gasteiger partial charge in [0.05, 0.1) is 6.61 Å². The van der Waals surface area contributed by atoms with Crippen molar-refractivity contribution in [1.29, 1.82) is 0 Å². The van der Waals surface area contributed by atoms with Crippen LogP contribution < -0.4 is 34.7 Å². The van der Waals surface area contributed by atoms with Crippen LogP contribution >= 0.6 is 0 Å². The average molecular weight is 224 g/mol. The minimum absolute atomic E-state index is 0. The summed E-state index contributed by atoms with van der Waals surface area (Å²) in [5, 5.41) is 16.7. The molecule has 0 aliphatic rings. The van der Waals surface area contributed by atoms with Crippen molar-refractivity contribution in [3.8, 4) is 0 Å². The van der Waals surface area contributed by atoms with Crippen LogP contribution in [-0.2, 0) is 10.4 Å². The monoisotopic (exact) mass is 224 g/mol. The first-order valence-electron chi connectivity index (χ1n) is 2.83. The summed E-state index contributed by atoms with van der Waals surface area (Å²) in [6.45, 7) is 4.88. The Morgan fingerprint density at radius 3 is 1.54 bits per heavy atom. The first-order valence-corrected chi connectivity index (χ1v) is 4.22. The molecule has 0 saturated heterocycles. The van der Waals surface area contributed by atoms with Crippen LogP contribution in [0.4, 0.5) is 0 Å². The van der Waals surface area contributed by atoms with Crippen LogP contribution in [0.2, 0.25) is 0 Å². The Balaban J connectivity index is -0.0000000465. The van der Waals surface area contributed by atoms with E-state index in [-0.39, 0.29) is 42.8 Å². The molecule has 13 heavy (non-hydrogen) atoms. The van der Waals surface area contributed by atoms with Gasteiger partial charge in [-0.15, -0.1) is 13.2 Å². The Labute approximate surface area is 100 Å². The van der Waals surface area contributed by atoms with Gasteiger partial charge in [-0.2, -0.15) is 8.42 Å². The minimum atomic E-state index is -4.67. The van der Waals surface area contributed by atoms with Crippen molar-refractivity contribution in [2.45, 2.75) is 6.92 Å². The molecule has 0 aromatic carbocycles. The number of hydrogen-bond donors (Lipinski definition) is 3. The first-order chi connectivity index (χ1) is 5.33. The molecule has 0 aliphatic carbocycles. The predicted octanol–water partition coefficient (Wildman–Crippen LogP) is -4.12. The van der Waals surface area contributed by atoms with Gasteiger partial charge in [0.15, 0.2) is 0 Å². The van der Waals surface area contributed by atoms with Gasteiger partial charge in [0.25, 0.3) is 0 Å². The van der Waals surface area contributed by atoms with Crippen LogP contribution in [0, 0.1) is 0 Å². The Kier molecular flexibility index (Phi) is 33.0. The molecule has 0 amide bonds. The molecule has 0 aromatic rings. The van der Waals surface area contributed by atoms with E-state index in [1.165, 1.54) is 6.08 Å². The molecule has 0 spiro atoms. The zero-order valence-electron chi connectivity index (χ0n) is 7.67. The van der Waals surface area contributed by atoms with Gasteiger partial charge in [-0.3, -0.25) is 9.11 Å². The van der Waals surface area contributed by atoms with Crippen LogP contribution in [0.3, 0.4) is 0 Å². The molecule has 0 rings (SSSR count). The molecule has 6 nitrogen and oxygen atoms in total. The van der Waals surface area contributed by atoms with Crippen LogP contribution in [0.15, 0.2) is 12.7 Å². The number of hydrogen-bond acceptors (Lipinski definition) is 4. The van der Waals surface area contributed by atoms with Crippen molar-refractivity contribution < 1.29 is 57.3 Å². The summed E-state index contributed by atoms with van der Waals surface area (Å²) < 4.78 is 31.6. The maximum atomic E-state index is 8.93. The van der Waals surface area contributed by atoms with Crippen molar-refractivity contribution >= 4 is 10.4 Å². The molecule has 0 unspecified atom stereocenters. The second-order valence-corrected chi connectivity index (χ2v) is 2.10. The summed E-state index contributed by atoms with van der Waals surface area (Å²) in [5.74, 6) is 0. The third kappa shape index (κ3) is 594. The zero-order chi connectivity index (χ0) is 10.6. The quantitative estimate of drug-likeness (QED) is 0.236. The average Bonchev–Trinajstić information content (AvgIpc) is 1.85. The van der Waals surface area contributed by atoms with E-state index in [4.69, 9.17) is 27.7 Å². The fourth-order valence-corrected chi connectivity index (χ4v) is 0. The van der Waals surface area contributed by atoms with Crippen molar-refractivity contribution in [2.24, 2.45) is 0 Å². The molecule has 8 heteroatoms. The van der Waals surface area contributed by atoms with E-state index >= 15 is 0 Å². The van der Waals surface area contributed by atoms with E-state index in [9.17, 15) is 0 Å². The van der Waals surface area contributed by atoms with Gasteiger partial charge in [-0.1, -0.05) is 13.0 Å². The van der Waals surface area contributed by atoms with E-state index in [0.29, 0.717) is 0 Å². The summed E-state index contributed by atoms with van der Waals surface area (Å²) in [4.78, 5) is 0. The van der Waals surface area contributed by atoms with E-state index in [0.717, 1.165) is 0 Å². The normalized spacial score (nSPS) is 7.77. The van der Waals surface area contributed by atoms with E-state index < -0.39 is 10.4 Å². The molecular formula is C5H13NaO6S. The largest absolute Gasteiger partial charge is 1.00 e. The number of aliphatic hydroxyl groups is 1. The van der Waals surface area contributed by atoms with Gasteiger partial charge in [-0.25, -0.2) is 0 Å². The van der Waals surface area contributed by atoms with Gasteiger partial charge in [0.1, 0.15) is 0 Å². The van der Waals surface area contributed by atoms with Crippen LogP contribution in [-0.4, -0.2) is 35.8 Å². The maximum Gasteiger partial charge on any atom is 1.00 e. The van der Waals surface area contributed by atoms with E-state index in [2.05, 4.69) is 6.58 Å². The molecule has 0 atom stereocenters. The summed E-state index contributed by atoms with van der Waals surface area (Å²) in [6.07, 6.45) is 1.43. The fraction of sp³-hybridized carbons (Fsp3) is 0.600. The van der Waals surface area contributed by atoms with Crippen molar-refractivity contribution in [3.05, 3.63) is 12.7 Å². The second kappa shape index (κ2) is 18.3. The summed E-state index contributed by atoms with van der Waals surface area (Å²) in [7, 11) is -4.67. The Bertz CT molecular complexity index is 158. The van der Waals surface area contributed by atoms with Crippen LogP contribution in [0.25, 0.3) is 0 Å². The molecule has 0 radical (unpaired) electrons. The van der Waals surface area contributed by atoms with E-state index in [1.54, 1.807) is 6.92 Å².